The van der Waals surface area contributed by atoms with E-state index in [1.54, 1.807) is 6.20 Å². The maximum Gasteiger partial charge on any atom is 0.174 e. The molecule has 0 spiro atoms. The van der Waals surface area contributed by atoms with Crippen molar-refractivity contribution in [3.8, 4) is 11.3 Å². The Kier molecular flexibility index (Phi) is 5.69. The van der Waals surface area contributed by atoms with Crippen molar-refractivity contribution < 1.29 is 4.42 Å². The average Bonchev–Trinajstić information content (AvgIpc) is 3.43. The van der Waals surface area contributed by atoms with Crippen molar-refractivity contribution in [2.24, 2.45) is 0 Å². The van der Waals surface area contributed by atoms with Crippen molar-refractivity contribution in [2.45, 2.75) is 32.9 Å². The van der Waals surface area contributed by atoms with E-state index in [0.717, 1.165) is 39.1 Å². The van der Waals surface area contributed by atoms with Crippen LogP contribution in [0.3, 0.4) is 0 Å². The molecule has 0 amide bonds. The number of nitrogens with zero attached hydrogens (tertiary/aromatic N) is 2. The Labute approximate surface area is 204 Å². The molecule has 4 nitrogen and oxygen atoms in total. The van der Waals surface area contributed by atoms with Gasteiger partial charge in [0.05, 0.1) is 11.7 Å². The quantitative estimate of drug-likeness (QED) is 0.320. The van der Waals surface area contributed by atoms with Gasteiger partial charge in [0.2, 0.25) is 0 Å². The second kappa shape index (κ2) is 8.65. The van der Waals surface area contributed by atoms with Crippen LogP contribution in [-0.2, 0) is 0 Å². The van der Waals surface area contributed by atoms with Gasteiger partial charge in [-0.05, 0) is 92.1 Å². The maximum absolute atomic E-state index is 6.47. The number of pyridine rings is 1. The molecule has 2 atom stereocenters. The lowest BCUT2D eigenvalue weighted by atomic mass is 10.0. The van der Waals surface area contributed by atoms with Crippen LogP contribution in [0.25, 0.3) is 11.3 Å². The van der Waals surface area contributed by atoms with Crippen LogP contribution in [0.2, 0.25) is 5.02 Å². The lowest BCUT2D eigenvalue weighted by molar-refractivity contribution is 0.439. The summed E-state index contributed by atoms with van der Waals surface area (Å²) < 4.78 is 6.47. The summed E-state index contributed by atoms with van der Waals surface area (Å²) >= 11 is 12.2. The van der Waals surface area contributed by atoms with E-state index >= 15 is 0 Å². The lowest BCUT2D eigenvalue weighted by Crippen LogP contribution is -2.29. The Morgan fingerprint density at radius 3 is 2.58 bits per heavy atom. The number of hydrogen-bond donors (Lipinski definition) is 1. The van der Waals surface area contributed by atoms with Gasteiger partial charge in [0.25, 0.3) is 0 Å². The molecular weight excluding hydrogens is 450 g/mol. The highest BCUT2D eigenvalue weighted by molar-refractivity contribution is 7.80. The first-order valence-corrected chi connectivity index (χ1v) is 11.7. The van der Waals surface area contributed by atoms with Gasteiger partial charge >= 0.3 is 0 Å². The molecule has 1 aliphatic rings. The molecule has 0 radical (unpaired) electrons. The summed E-state index contributed by atoms with van der Waals surface area (Å²) in [6, 6.07) is 21.9. The van der Waals surface area contributed by atoms with Crippen LogP contribution >= 0.6 is 23.8 Å². The number of aryl methyl sites for hydroxylation is 2. The molecule has 1 aliphatic heterocycles. The Morgan fingerprint density at radius 2 is 1.82 bits per heavy atom. The largest absolute Gasteiger partial charge is 0.459 e. The molecule has 0 aliphatic carbocycles. The van der Waals surface area contributed by atoms with Gasteiger partial charge in [-0.3, -0.25) is 4.98 Å². The van der Waals surface area contributed by atoms with Crippen molar-refractivity contribution in [1.82, 2.24) is 10.3 Å². The summed E-state index contributed by atoms with van der Waals surface area (Å²) in [5, 5.41) is 4.85. The van der Waals surface area contributed by atoms with Crippen LogP contribution in [0.5, 0.6) is 0 Å². The highest BCUT2D eigenvalue weighted by Gasteiger charge is 2.42. The van der Waals surface area contributed by atoms with Gasteiger partial charge in [-0.25, -0.2) is 0 Å². The summed E-state index contributed by atoms with van der Waals surface area (Å²) in [4.78, 5) is 6.75. The first-order valence-electron chi connectivity index (χ1n) is 10.9. The van der Waals surface area contributed by atoms with E-state index < -0.39 is 0 Å². The van der Waals surface area contributed by atoms with Gasteiger partial charge in [0.15, 0.2) is 5.11 Å². The number of hydrogen-bond acceptors (Lipinski definition) is 3. The molecule has 1 fully saturated rings. The normalized spacial score (nSPS) is 17.9. The lowest BCUT2D eigenvalue weighted by Gasteiger charge is -2.26. The standard InChI is InChI=1S/C27H24ClN3OS/c1-16-10-11-19(15-17(16)2)31-26(25(30-27(31)33)22-9-4-5-14-29-22)24-13-12-23(32-24)20-7-6-8-21(28)18(20)3/h4-15,25-26H,1-3H3,(H,30,33)/t25-,26-/m0/s1. The molecule has 1 N–H and O–H groups in total. The van der Waals surface area contributed by atoms with E-state index in [0.29, 0.717) is 5.11 Å². The minimum absolute atomic E-state index is 0.153. The summed E-state index contributed by atoms with van der Waals surface area (Å²) in [7, 11) is 0. The van der Waals surface area contributed by atoms with Crippen molar-refractivity contribution in [3.63, 3.8) is 0 Å². The Morgan fingerprint density at radius 1 is 0.970 bits per heavy atom. The van der Waals surface area contributed by atoms with E-state index in [-0.39, 0.29) is 12.1 Å². The summed E-state index contributed by atoms with van der Waals surface area (Å²) in [5.41, 5.74) is 6.36. The molecule has 3 heterocycles. The molecule has 0 bridgehead atoms. The minimum Gasteiger partial charge on any atom is -0.459 e. The number of nitrogens with one attached hydrogen (secondary N) is 1. The van der Waals surface area contributed by atoms with Gasteiger partial charge in [0, 0.05) is 22.5 Å². The minimum atomic E-state index is -0.192. The molecule has 2 aromatic heterocycles. The average molecular weight is 474 g/mol. The van der Waals surface area contributed by atoms with Gasteiger partial charge in [0.1, 0.15) is 17.6 Å². The van der Waals surface area contributed by atoms with Crippen LogP contribution in [0, 0.1) is 20.8 Å². The molecule has 0 saturated carbocycles. The topological polar surface area (TPSA) is 41.3 Å². The highest BCUT2D eigenvalue weighted by atomic mass is 35.5. The van der Waals surface area contributed by atoms with E-state index in [2.05, 4.69) is 47.2 Å². The number of aromatic nitrogens is 1. The number of thiocarbonyl (C=S) groups is 1. The zero-order valence-electron chi connectivity index (χ0n) is 18.7. The predicted molar refractivity (Wildman–Crippen MR) is 138 cm³/mol. The molecule has 1 saturated heterocycles. The second-order valence-corrected chi connectivity index (χ2v) is 9.17. The van der Waals surface area contributed by atoms with Crippen LogP contribution in [-0.4, -0.2) is 10.1 Å². The predicted octanol–water partition coefficient (Wildman–Crippen LogP) is 7.10. The molecular formula is C27H24ClN3OS. The zero-order valence-corrected chi connectivity index (χ0v) is 20.2. The van der Waals surface area contributed by atoms with Crippen LogP contribution in [0.4, 0.5) is 5.69 Å². The zero-order chi connectivity index (χ0) is 23.1. The van der Waals surface area contributed by atoms with Gasteiger partial charge < -0.3 is 14.6 Å². The van der Waals surface area contributed by atoms with Crippen LogP contribution < -0.4 is 10.2 Å². The highest BCUT2D eigenvalue weighted by Crippen LogP contribution is 2.43. The molecule has 2 aromatic carbocycles. The maximum atomic E-state index is 6.47. The Bertz CT molecular complexity index is 1330. The summed E-state index contributed by atoms with van der Waals surface area (Å²) in [6.07, 6.45) is 1.80. The molecule has 6 heteroatoms. The van der Waals surface area contributed by atoms with Gasteiger partial charge in [-0.2, -0.15) is 0 Å². The van der Waals surface area contributed by atoms with Crippen molar-refractivity contribution >= 4 is 34.6 Å². The molecule has 0 unspecified atom stereocenters. The van der Waals surface area contributed by atoms with E-state index in [1.165, 1.54) is 11.1 Å². The number of furan rings is 1. The molecule has 33 heavy (non-hydrogen) atoms. The molecule has 166 valence electrons. The number of rotatable bonds is 4. The third-order valence-electron chi connectivity index (χ3n) is 6.32. The van der Waals surface area contributed by atoms with Crippen molar-refractivity contribution in [1.29, 1.82) is 0 Å². The van der Waals surface area contributed by atoms with E-state index in [4.69, 9.17) is 28.2 Å². The first kappa shape index (κ1) is 21.7. The Balaban J connectivity index is 1.62. The summed E-state index contributed by atoms with van der Waals surface area (Å²) in [5.74, 6) is 1.59. The fourth-order valence-corrected chi connectivity index (χ4v) is 4.85. The van der Waals surface area contributed by atoms with Gasteiger partial charge in [-0.1, -0.05) is 35.9 Å². The summed E-state index contributed by atoms with van der Waals surface area (Å²) in [6.45, 7) is 6.23. The van der Waals surface area contributed by atoms with Crippen LogP contribution in [0.1, 0.15) is 40.2 Å². The van der Waals surface area contributed by atoms with Gasteiger partial charge in [-0.15, -0.1) is 0 Å². The monoisotopic (exact) mass is 473 g/mol. The third-order valence-corrected chi connectivity index (χ3v) is 7.04. The second-order valence-electron chi connectivity index (χ2n) is 8.38. The van der Waals surface area contributed by atoms with Crippen molar-refractivity contribution in [2.75, 3.05) is 4.90 Å². The first-order chi connectivity index (χ1) is 15.9. The van der Waals surface area contributed by atoms with E-state index in [1.807, 2.05) is 55.5 Å². The van der Waals surface area contributed by atoms with Crippen LogP contribution in [0.15, 0.2) is 77.3 Å². The number of benzene rings is 2. The van der Waals surface area contributed by atoms with E-state index in [9.17, 15) is 0 Å². The number of anilines is 1. The Hall–Kier alpha value is -3.15. The fourth-order valence-electron chi connectivity index (χ4n) is 4.33. The molecule has 5 rings (SSSR count). The smallest absolute Gasteiger partial charge is 0.174 e. The SMILES string of the molecule is Cc1ccc(N2C(=S)N[C@@H](c3ccccn3)[C@@H]2c2ccc(-c3cccc(Cl)c3C)o2)cc1C. The fraction of sp³-hybridized carbons (Fsp3) is 0.185. The van der Waals surface area contributed by atoms with Crippen molar-refractivity contribution in [3.05, 3.63) is 106 Å². The third kappa shape index (κ3) is 3.92. The number of halogens is 1. The molecule has 4 aromatic rings.